The van der Waals surface area contributed by atoms with Crippen LogP contribution in [0.4, 0.5) is 0 Å². The van der Waals surface area contributed by atoms with E-state index in [1.807, 2.05) is 0 Å². The van der Waals surface area contributed by atoms with Crippen LogP contribution in [0.15, 0.2) is 219 Å². The number of rotatable bonds is 6. The van der Waals surface area contributed by atoms with Gasteiger partial charge in [0, 0.05) is 32.9 Å². The predicted octanol–water partition coefficient (Wildman–Crippen LogP) is 14.2. The number of fused-ring (bicyclic) bond motifs is 7. The predicted molar refractivity (Wildman–Crippen MR) is 232 cm³/mol. The highest BCUT2D eigenvalue weighted by Gasteiger charge is 2.21. The lowest BCUT2D eigenvalue weighted by molar-refractivity contribution is 1.17. The van der Waals surface area contributed by atoms with Crippen LogP contribution in [0.1, 0.15) is 0 Å². The van der Waals surface area contributed by atoms with Gasteiger partial charge < -0.3 is 9.13 Å². The van der Waals surface area contributed by atoms with Crippen molar-refractivity contribution in [2.75, 3.05) is 0 Å². The van der Waals surface area contributed by atoms with Crippen LogP contribution in [0.25, 0.3) is 88.4 Å². The van der Waals surface area contributed by atoms with Crippen LogP contribution in [-0.4, -0.2) is 9.13 Å². The molecule has 0 unspecified atom stereocenters. The van der Waals surface area contributed by atoms with E-state index in [4.69, 9.17) is 0 Å². The average Bonchev–Trinajstić information content (AvgIpc) is 3.78. The molecule has 10 rings (SSSR count). The second-order valence-electron chi connectivity index (χ2n) is 13.4. The van der Waals surface area contributed by atoms with Gasteiger partial charge in [-0.2, -0.15) is 0 Å². The van der Waals surface area contributed by atoms with Crippen LogP contribution < -0.4 is 0 Å². The molecule has 0 fully saturated rings. The largest absolute Gasteiger partial charge is 0.309 e. The van der Waals surface area contributed by atoms with E-state index in [1.54, 1.807) is 12.2 Å². The molecule has 0 saturated heterocycles. The molecule has 0 aliphatic carbocycles. The molecule has 0 bridgehead atoms. The fourth-order valence-electron chi connectivity index (χ4n) is 7.82. The smallest absolute Gasteiger partial charge is 0.0641 e. The van der Waals surface area contributed by atoms with E-state index in [0.717, 1.165) is 11.4 Å². The van der Waals surface area contributed by atoms with Crippen molar-refractivity contribution in [1.82, 2.24) is 9.13 Å². The lowest BCUT2D eigenvalue weighted by Crippen LogP contribution is -1.97. The normalized spacial score (nSPS) is 11.1. The second-order valence-corrected chi connectivity index (χ2v) is 13.4. The van der Waals surface area contributed by atoms with Gasteiger partial charge in [-0.15, -0.1) is 0 Å². The van der Waals surface area contributed by atoms with Crippen LogP contribution in [0.3, 0.4) is 0 Å². The molecular weight excluding hydrogens is 653 g/mol. The molecule has 0 atom stereocenters. The molecule has 2 nitrogen and oxygen atoms in total. The molecule has 0 aliphatic rings. The van der Waals surface area contributed by atoms with Crippen LogP contribution in [0.5, 0.6) is 0 Å². The Labute approximate surface area is 315 Å². The van der Waals surface area contributed by atoms with Crippen molar-refractivity contribution in [2.24, 2.45) is 0 Å². The van der Waals surface area contributed by atoms with Crippen LogP contribution in [-0.2, 0) is 0 Å². The third-order valence-electron chi connectivity index (χ3n) is 10.3. The van der Waals surface area contributed by atoms with Crippen molar-refractivity contribution in [3.05, 3.63) is 219 Å². The molecule has 0 spiro atoms. The first-order valence-electron chi connectivity index (χ1n) is 18.3. The molecule has 0 N–H and O–H groups in total. The van der Waals surface area contributed by atoms with Crippen molar-refractivity contribution in [2.45, 2.75) is 0 Å². The van der Waals surface area contributed by atoms with E-state index >= 15 is 0 Å². The summed E-state index contributed by atoms with van der Waals surface area (Å²) in [5.74, 6) is 0. The topological polar surface area (TPSA) is 9.86 Å². The maximum atomic E-state index is 3.36. The lowest BCUT2D eigenvalue weighted by atomic mass is 9.98. The van der Waals surface area contributed by atoms with Gasteiger partial charge in [-0.05, 0) is 81.9 Å². The molecular formula is C52H38N2. The zero-order valence-corrected chi connectivity index (χ0v) is 29.9. The molecule has 8 aromatic carbocycles. The maximum Gasteiger partial charge on any atom is 0.0641 e. The molecule has 54 heavy (non-hydrogen) atoms. The number of aromatic nitrogens is 2. The zero-order valence-electron chi connectivity index (χ0n) is 29.9. The van der Waals surface area contributed by atoms with Crippen LogP contribution >= 0.6 is 0 Å². The molecule has 0 radical (unpaired) electrons. The van der Waals surface area contributed by atoms with Crippen molar-refractivity contribution in [1.29, 1.82) is 0 Å². The fourth-order valence-corrected chi connectivity index (χ4v) is 7.82. The van der Waals surface area contributed by atoms with E-state index in [9.17, 15) is 0 Å². The second kappa shape index (κ2) is 14.1. The van der Waals surface area contributed by atoms with Gasteiger partial charge in [-0.25, -0.2) is 0 Å². The van der Waals surface area contributed by atoms with E-state index in [-0.39, 0.29) is 0 Å². The highest BCUT2D eigenvalue weighted by molar-refractivity contribution is 6.26. The lowest BCUT2D eigenvalue weighted by Gasteiger charge is -2.15. The van der Waals surface area contributed by atoms with Gasteiger partial charge in [-0.1, -0.05) is 171 Å². The Morgan fingerprint density at radius 1 is 0.315 bits per heavy atom. The Morgan fingerprint density at radius 2 is 0.778 bits per heavy atom. The van der Waals surface area contributed by atoms with Gasteiger partial charge in [0.15, 0.2) is 0 Å². The Morgan fingerprint density at radius 3 is 1.33 bits per heavy atom. The summed E-state index contributed by atoms with van der Waals surface area (Å²) < 4.78 is 4.93. The number of hydrogen-bond acceptors (Lipinski definition) is 0. The number of nitrogens with zero attached hydrogens (tertiary/aromatic N) is 2. The number of para-hydroxylation sites is 2. The highest BCUT2D eigenvalue weighted by Crippen LogP contribution is 2.43. The summed E-state index contributed by atoms with van der Waals surface area (Å²) in [4.78, 5) is 0. The Hall–Kier alpha value is -7.16. The Bertz CT molecular complexity index is 2870. The number of allylic oxidation sites excluding steroid dienone is 2. The van der Waals surface area contributed by atoms with Crippen molar-refractivity contribution < 1.29 is 0 Å². The monoisotopic (exact) mass is 690 g/mol. The third kappa shape index (κ3) is 5.71. The van der Waals surface area contributed by atoms with Crippen molar-refractivity contribution >= 4 is 43.6 Å². The standard InChI is InChI=1S/C48H32N2.C4H6/c1-4-14-33(15-5-1)36-24-26-39(27-25-36)49-45-23-13-11-21-43(45)47-46(49)29-28-42-41-20-10-12-22-44(41)50(48(42)47)40-31-37(34-16-6-2-7-17-34)30-38(32-40)35-18-8-3-9-19-35;1-3-4-2/h1-32H;3-4H,1-2H2. The van der Waals surface area contributed by atoms with Gasteiger partial charge >= 0.3 is 0 Å². The molecule has 10 aromatic rings. The third-order valence-corrected chi connectivity index (χ3v) is 10.3. The SMILES string of the molecule is C=CC=C.c1ccc(-c2ccc(-n3c4ccccc4c4c3ccc3c5ccccc5n(-c5cc(-c6ccccc6)cc(-c6ccccc6)c5)c34)cc2)cc1. The minimum Gasteiger partial charge on any atom is -0.309 e. The molecule has 2 heterocycles. The molecule has 256 valence electrons. The first kappa shape index (κ1) is 32.7. The molecule has 2 aromatic heterocycles. The summed E-state index contributed by atoms with van der Waals surface area (Å²) in [6.07, 6.45) is 3.28. The summed E-state index contributed by atoms with van der Waals surface area (Å²) in [6, 6.07) is 70.4. The fraction of sp³-hybridized carbons (Fsp3) is 0. The van der Waals surface area contributed by atoms with Gasteiger partial charge in [0.25, 0.3) is 0 Å². The van der Waals surface area contributed by atoms with Gasteiger partial charge in [0.1, 0.15) is 0 Å². The van der Waals surface area contributed by atoms with Gasteiger partial charge in [-0.3, -0.25) is 0 Å². The molecule has 0 aliphatic heterocycles. The van der Waals surface area contributed by atoms with E-state index in [1.165, 1.54) is 77.0 Å². The Kier molecular flexibility index (Phi) is 8.55. The van der Waals surface area contributed by atoms with Gasteiger partial charge in [0.2, 0.25) is 0 Å². The summed E-state index contributed by atoms with van der Waals surface area (Å²) >= 11 is 0. The van der Waals surface area contributed by atoms with E-state index in [2.05, 4.69) is 216 Å². The Balaban J connectivity index is 0.000000918. The summed E-state index contributed by atoms with van der Waals surface area (Å²) in [5, 5.41) is 5.00. The van der Waals surface area contributed by atoms with E-state index < -0.39 is 0 Å². The van der Waals surface area contributed by atoms with Gasteiger partial charge in [0.05, 0.1) is 22.1 Å². The number of benzene rings is 8. The van der Waals surface area contributed by atoms with E-state index in [0.29, 0.717) is 0 Å². The van der Waals surface area contributed by atoms with Crippen molar-refractivity contribution in [3.8, 4) is 44.8 Å². The zero-order chi connectivity index (χ0) is 36.4. The average molecular weight is 691 g/mol. The minimum absolute atomic E-state index is 1.15. The maximum absolute atomic E-state index is 3.36. The highest BCUT2D eigenvalue weighted by atomic mass is 15.0. The molecule has 0 saturated carbocycles. The van der Waals surface area contributed by atoms with Crippen LogP contribution in [0, 0.1) is 0 Å². The van der Waals surface area contributed by atoms with Crippen molar-refractivity contribution in [3.63, 3.8) is 0 Å². The first-order chi connectivity index (χ1) is 26.7. The first-order valence-corrected chi connectivity index (χ1v) is 18.3. The summed E-state index contributed by atoms with van der Waals surface area (Å²) in [6.45, 7) is 6.72. The quantitative estimate of drug-likeness (QED) is 0.154. The minimum atomic E-state index is 1.15. The summed E-state index contributed by atoms with van der Waals surface area (Å²) in [5.41, 5.74) is 14.3. The molecule has 2 heteroatoms. The number of hydrogen-bond donors (Lipinski definition) is 0. The summed E-state index contributed by atoms with van der Waals surface area (Å²) in [7, 11) is 0. The van der Waals surface area contributed by atoms with Crippen LogP contribution in [0.2, 0.25) is 0 Å². The molecule has 0 amide bonds.